The number of azo groups is 1. The largest absolute Gasteiger partial charge is 0.507 e. The number of carboxylic acid groups (broad SMARTS) is 1. The SMILES string of the molecule is Nc1c(/N=N/c2ccc(C(=O)O)cc2)cc(S(=O)(=O)O)c2cccc(O)c12. The molecule has 0 radical (unpaired) electrons. The number of benzene rings is 3. The molecule has 0 saturated heterocycles. The summed E-state index contributed by atoms with van der Waals surface area (Å²) in [5.41, 5.74) is 6.25. The number of nitrogen functional groups attached to an aromatic ring is 1. The van der Waals surface area contributed by atoms with E-state index in [1.165, 1.54) is 42.5 Å². The minimum absolute atomic E-state index is 0.0165. The lowest BCUT2D eigenvalue weighted by atomic mass is 10.1. The van der Waals surface area contributed by atoms with Gasteiger partial charge >= 0.3 is 5.97 Å². The lowest BCUT2D eigenvalue weighted by molar-refractivity contribution is 0.0697. The molecule has 0 aliphatic carbocycles. The minimum Gasteiger partial charge on any atom is -0.507 e. The maximum Gasteiger partial charge on any atom is 0.335 e. The van der Waals surface area contributed by atoms with E-state index in [-0.39, 0.29) is 33.5 Å². The molecule has 0 aliphatic heterocycles. The van der Waals surface area contributed by atoms with Crippen LogP contribution in [0.15, 0.2) is 63.7 Å². The normalized spacial score (nSPS) is 11.9. The Hall–Kier alpha value is -3.50. The molecule has 3 rings (SSSR count). The van der Waals surface area contributed by atoms with Crippen LogP contribution in [0.3, 0.4) is 0 Å². The van der Waals surface area contributed by atoms with Gasteiger partial charge in [0.05, 0.1) is 22.3 Å². The van der Waals surface area contributed by atoms with E-state index >= 15 is 0 Å². The van der Waals surface area contributed by atoms with Crippen LogP contribution in [0.25, 0.3) is 10.8 Å². The lowest BCUT2D eigenvalue weighted by Gasteiger charge is -2.10. The second kappa shape index (κ2) is 6.67. The van der Waals surface area contributed by atoms with Gasteiger partial charge in [-0.15, -0.1) is 5.11 Å². The van der Waals surface area contributed by atoms with Crippen molar-refractivity contribution in [1.29, 1.82) is 0 Å². The van der Waals surface area contributed by atoms with Gasteiger partial charge in [0.15, 0.2) is 0 Å². The predicted molar refractivity (Wildman–Crippen MR) is 97.4 cm³/mol. The number of fused-ring (bicyclic) bond motifs is 1. The summed E-state index contributed by atoms with van der Waals surface area (Å²) in [5.74, 6) is -1.37. The van der Waals surface area contributed by atoms with Crippen molar-refractivity contribution in [3.63, 3.8) is 0 Å². The Kier molecular flexibility index (Phi) is 4.52. The molecule has 0 atom stereocenters. The van der Waals surface area contributed by atoms with Crippen molar-refractivity contribution in [2.75, 3.05) is 5.73 Å². The molecule has 0 aromatic heterocycles. The number of hydrogen-bond acceptors (Lipinski definition) is 7. The van der Waals surface area contributed by atoms with Crippen molar-refractivity contribution in [3.8, 4) is 5.75 Å². The maximum atomic E-state index is 11.7. The van der Waals surface area contributed by atoms with E-state index in [1.807, 2.05) is 0 Å². The van der Waals surface area contributed by atoms with Gasteiger partial charge in [-0.1, -0.05) is 12.1 Å². The number of carboxylic acids is 1. The molecule has 3 aromatic rings. The second-order valence-electron chi connectivity index (χ2n) is 5.53. The van der Waals surface area contributed by atoms with Crippen molar-refractivity contribution in [2.45, 2.75) is 4.90 Å². The highest BCUT2D eigenvalue weighted by Gasteiger charge is 2.20. The second-order valence-corrected chi connectivity index (χ2v) is 6.92. The van der Waals surface area contributed by atoms with Crippen molar-refractivity contribution in [3.05, 3.63) is 54.1 Å². The zero-order chi connectivity index (χ0) is 19.8. The van der Waals surface area contributed by atoms with Gasteiger partial charge in [0, 0.05) is 5.39 Å². The summed E-state index contributed by atoms with van der Waals surface area (Å²) in [6.45, 7) is 0. The zero-order valence-electron chi connectivity index (χ0n) is 13.6. The zero-order valence-corrected chi connectivity index (χ0v) is 14.4. The summed E-state index contributed by atoms with van der Waals surface area (Å²) >= 11 is 0. The summed E-state index contributed by atoms with van der Waals surface area (Å²) in [7, 11) is -4.62. The van der Waals surface area contributed by atoms with Crippen LogP contribution in [0.5, 0.6) is 5.75 Å². The Morgan fingerprint density at radius 2 is 1.70 bits per heavy atom. The predicted octanol–water partition coefficient (Wildman–Crippen LogP) is 3.49. The molecule has 5 N–H and O–H groups in total. The fourth-order valence-corrected chi connectivity index (χ4v) is 3.22. The molecule has 10 heteroatoms. The van der Waals surface area contributed by atoms with Crippen LogP contribution in [-0.2, 0) is 10.1 Å². The highest BCUT2D eigenvalue weighted by Crippen LogP contribution is 2.40. The van der Waals surface area contributed by atoms with E-state index in [1.54, 1.807) is 0 Å². The van der Waals surface area contributed by atoms with Crippen LogP contribution >= 0.6 is 0 Å². The Bertz CT molecular complexity index is 1190. The first-order valence-electron chi connectivity index (χ1n) is 7.45. The number of anilines is 1. The average Bonchev–Trinajstić information content (AvgIpc) is 2.60. The number of hydrogen-bond donors (Lipinski definition) is 4. The van der Waals surface area contributed by atoms with E-state index in [0.717, 1.165) is 6.07 Å². The van der Waals surface area contributed by atoms with Crippen molar-refractivity contribution >= 4 is 43.9 Å². The fraction of sp³-hybridized carbons (Fsp3) is 0. The molecule has 0 fully saturated rings. The number of carbonyl (C=O) groups is 1. The summed E-state index contributed by atoms with van der Waals surface area (Å²) in [6, 6.07) is 10.6. The molecular formula is C17H13N3O6S. The lowest BCUT2D eigenvalue weighted by Crippen LogP contribution is -2.01. The van der Waals surface area contributed by atoms with E-state index < -0.39 is 21.0 Å². The molecule has 27 heavy (non-hydrogen) atoms. The monoisotopic (exact) mass is 387 g/mol. The van der Waals surface area contributed by atoms with Gasteiger partial charge in [-0.2, -0.15) is 13.5 Å². The molecule has 0 unspecified atom stereocenters. The number of phenols is 1. The third-order valence-electron chi connectivity index (χ3n) is 3.79. The first-order valence-corrected chi connectivity index (χ1v) is 8.89. The molecule has 138 valence electrons. The van der Waals surface area contributed by atoms with Gasteiger partial charge in [0.2, 0.25) is 0 Å². The van der Waals surface area contributed by atoms with E-state index in [2.05, 4.69) is 10.2 Å². The van der Waals surface area contributed by atoms with Crippen LogP contribution in [0, 0.1) is 0 Å². The Labute approximate surface area is 153 Å². The van der Waals surface area contributed by atoms with Crippen LogP contribution in [0.2, 0.25) is 0 Å². The molecule has 0 amide bonds. The van der Waals surface area contributed by atoms with Crippen LogP contribution < -0.4 is 5.73 Å². The first-order chi connectivity index (χ1) is 12.7. The molecule has 0 spiro atoms. The van der Waals surface area contributed by atoms with Gasteiger partial charge < -0.3 is 15.9 Å². The molecule has 0 aliphatic rings. The number of aromatic hydroxyl groups is 1. The smallest absolute Gasteiger partial charge is 0.335 e. The number of nitrogens with zero attached hydrogens (tertiary/aromatic N) is 2. The summed E-state index contributed by atoms with van der Waals surface area (Å²) in [5, 5.41) is 26.8. The summed E-state index contributed by atoms with van der Waals surface area (Å²) in [6.07, 6.45) is 0. The molecule has 0 bridgehead atoms. The number of phenolic OH excluding ortho intramolecular Hbond substituents is 1. The topological polar surface area (TPSA) is 163 Å². The van der Waals surface area contributed by atoms with E-state index in [9.17, 15) is 22.9 Å². The Balaban J connectivity index is 2.15. The number of aromatic carboxylic acids is 1. The Morgan fingerprint density at radius 3 is 2.30 bits per heavy atom. The molecule has 0 saturated carbocycles. The van der Waals surface area contributed by atoms with Gasteiger partial charge in [-0.3, -0.25) is 4.55 Å². The standard InChI is InChI=1S/C17H13N3O6S/c18-16-12(20-19-10-6-4-9(5-7-10)17(22)23)8-14(27(24,25)26)11-2-1-3-13(21)15(11)16/h1-8,21H,18H2,(H,22,23)(H,24,25,26)/b20-19+. The quantitative estimate of drug-likeness (QED) is 0.302. The average molecular weight is 387 g/mol. The molecule has 3 aromatic carbocycles. The highest BCUT2D eigenvalue weighted by atomic mass is 32.2. The summed E-state index contributed by atoms with van der Waals surface area (Å²) in [4.78, 5) is 10.4. The minimum atomic E-state index is -4.62. The van der Waals surface area contributed by atoms with Gasteiger partial charge in [-0.05, 0) is 36.4 Å². The molecule has 0 heterocycles. The van der Waals surface area contributed by atoms with Crippen molar-refractivity contribution < 1.29 is 28.0 Å². The van der Waals surface area contributed by atoms with E-state index in [4.69, 9.17) is 10.8 Å². The third kappa shape index (κ3) is 3.57. The molecule has 9 nitrogen and oxygen atoms in total. The van der Waals surface area contributed by atoms with Gasteiger partial charge in [-0.25, -0.2) is 4.79 Å². The van der Waals surface area contributed by atoms with Crippen LogP contribution in [-0.4, -0.2) is 29.2 Å². The van der Waals surface area contributed by atoms with E-state index in [0.29, 0.717) is 5.69 Å². The van der Waals surface area contributed by atoms with Crippen LogP contribution in [0.1, 0.15) is 10.4 Å². The number of nitrogens with two attached hydrogens (primary N) is 1. The summed E-state index contributed by atoms with van der Waals surface area (Å²) < 4.78 is 32.9. The highest BCUT2D eigenvalue weighted by molar-refractivity contribution is 7.86. The molecular weight excluding hydrogens is 374 g/mol. The van der Waals surface area contributed by atoms with Crippen molar-refractivity contribution in [1.82, 2.24) is 0 Å². The third-order valence-corrected chi connectivity index (χ3v) is 4.68. The number of rotatable bonds is 4. The maximum absolute atomic E-state index is 11.7. The Morgan fingerprint density at radius 1 is 1.04 bits per heavy atom. The first kappa shape index (κ1) is 18.3. The van der Waals surface area contributed by atoms with Crippen LogP contribution in [0.4, 0.5) is 17.1 Å². The van der Waals surface area contributed by atoms with Crippen molar-refractivity contribution in [2.24, 2.45) is 10.2 Å². The van der Waals surface area contributed by atoms with Gasteiger partial charge in [0.1, 0.15) is 16.3 Å². The fourth-order valence-electron chi connectivity index (χ4n) is 2.51. The van der Waals surface area contributed by atoms with Gasteiger partial charge in [0.25, 0.3) is 10.1 Å².